The number of carbonyl (C=O) groups is 4. The van der Waals surface area contributed by atoms with Gasteiger partial charge in [0, 0.05) is 13.1 Å². The van der Waals surface area contributed by atoms with Crippen molar-refractivity contribution in [1.29, 1.82) is 0 Å². The van der Waals surface area contributed by atoms with Crippen LogP contribution in [-0.2, 0) is 28.7 Å². The van der Waals surface area contributed by atoms with E-state index >= 15 is 0 Å². The zero-order chi connectivity index (χ0) is 17.7. The second-order valence-electron chi connectivity index (χ2n) is 8.45. The van der Waals surface area contributed by atoms with Crippen LogP contribution in [0.5, 0.6) is 0 Å². The Morgan fingerprint density at radius 1 is 0.577 bits per heavy atom. The molecule has 8 nitrogen and oxygen atoms in total. The van der Waals surface area contributed by atoms with Crippen molar-refractivity contribution in [3.05, 3.63) is 0 Å². The summed E-state index contributed by atoms with van der Waals surface area (Å²) in [5.74, 6) is -1.82. The van der Waals surface area contributed by atoms with Gasteiger partial charge < -0.3 is 9.47 Å². The Labute approximate surface area is 149 Å². The minimum Gasteiger partial charge on any atom is -0.370 e. The van der Waals surface area contributed by atoms with Crippen molar-refractivity contribution in [2.45, 2.75) is 50.1 Å². The van der Waals surface area contributed by atoms with E-state index in [-0.39, 0.29) is 84.8 Å². The smallest absolute Gasteiger partial charge is 0.233 e. The highest BCUT2D eigenvalue weighted by molar-refractivity contribution is 6.07. The van der Waals surface area contributed by atoms with E-state index in [4.69, 9.17) is 9.47 Å². The lowest BCUT2D eigenvalue weighted by molar-refractivity contribution is -0.145. The molecule has 8 heteroatoms. The Hall–Kier alpha value is -1.80. The molecule has 2 saturated carbocycles. The molecule has 4 amide bonds. The monoisotopic (exact) mass is 360 g/mol. The summed E-state index contributed by atoms with van der Waals surface area (Å²) in [7, 11) is 0. The first-order chi connectivity index (χ1) is 12.5. The lowest BCUT2D eigenvalue weighted by atomic mass is 9.81. The predicted molar refractivity (Wildman–Crippen MR) is 83.2 cm³/mol. The number of hydrogen-bond donors (Lipinski definition) is 0. The Kier molecular flexibility index (Phi) is 2.89. The molecule has 26 heavy (non-hydrogen) atoms. The van der Waals surface area contributed by atoms with Gasteiger partial charge in [-0.15, -0.1) is 0 Å². The molecule has 0 aromatic rings. The number of fused-ring (bicyclic) bond motifs is 4. The van der Waals surface area contributed by atoms with Crippen LogP contribution in [0.4, 0.5) is 0 Å². The fourth-order valence-corrected chi connectivity index (χ4v) is 5.60. The van der Waals surface area contributed by atoms with Crippen LogP contribution < -0.4 is 0 Å². The number of carbonyl (C=O) groups excluding carboxylic acids is 4. The van der Waals surface area contributed by atoms with Crippen LogP contribution in [0.2, 0.25) is 0 Å². The summed E-state index contributed by atoms with van der Waals surface area (Å²) >= 11 is 0. The summed E-state index contributed by atoms with van der Waals surface area (Å²) in [5, 5.41) is 0. The lowest BCUT2D eigenvalue weighted by Crippen LogP contribution is -2.41. The maximum Gasteiger partial charge on any atom is 0.233 e. The standard InChI is InChI=1S/C18H20N2O6/c21-15-7-3-11-12(25-11)4-8(7)16(22)19(15)1-2-20-17(23)9-5-13-14(26-13)6-10(9)18(20)24/h7-14H,1-6H2/t7-,8-,9-,10+,11+,12+,13-,14+/m0/s1. The van der Waals surface area contributed by atoms with E-state index in [1.54, 1.807) is 0 Å². The first-order valence-corrected chi connectivity index (χ1v) is 9.54. The molecule has 0 aromatic carbocycles. The van der Waals surface area contributed by atoms with Crippen molar-refractivity contribution in [2.75, 3.05) is 13.1 Å². The molecule has 138 valence electrons. The van der Waals surface area contributed by atoms with Crippen LogP contribution in [0, 0.1) is 23.7 Å². The van der Waals surface area contributed by atoms with E-state index in [0.29, 0.717) is 25.7 Å². The molecule has 4 saturated heterocycles. The molecule has 6 aliphatic rings. The normalized spacial score (nSPS) is 48.3. The third-order valence-electron chi connectivity index (χ3n) is 7.17. The van der Waals surface area contributed by atoms with Crippen molar-refractivity contribution in [3.8, 4) is 0 Å². The number of amides is 4. The number of rotatable bonds is 3. The summed E-state index contributed by atoms with van der Waals surface area (Å²) in [6, 6.07) is 0. The van der Waals surface area contributed by atoms with Gasteiger partial charge in [0.2, 0.25) is 23.6 Å². The molecule has 0 N–H and O–H groups in total. The largest absolute Gasteiger partial charge is 0.370 e. The molecule has 2 aliphatic carbocycles. The van der Waals surface area contributed by atoms with Gasteiger partial charge >= 0.3 is 0 Å². The Balaban J connectivity index is 1.15. The van der Waals surface area contributed by atoms with Crippen LogP contribution in [0.15, 0.2) is 0 Å². The average molecular weight is 360 g/mol. The lowest BCUT2D eigenvalue weighted by Gasteiger charge is -2.20. The zero-order valence-corrected chi connectivity index (χ0v) is 14.2. The van der Waals surface area contributed by atoms with Crippen molar-refractivity contribution < 1.29 is 28.7 Å². The van der Waals surface area contributed by atoms with E-state index in [0.717, 1.165) is 0 Å². The maximum absolute atomic E-state index is 12.6. The van der Waals surface area contributed by atoms with Crippen LogP contribution in [-0.4, -0.2) is 70.9 Å². The summed E-state index contributed by atoms with van der Waals surface area (Å²) in [5.41, 5.74) is 0. The quantitative estimate of drug-likeness (QED) is 0.488. The second kappa shape index (κ2) is 4.92. The molecule has 0 spiro atoms. The minimum atomic E-state index is -0.289. The molecule has 0 radical (unpaired) electrons. The molecule has 4 heterocycles. The summed E-state index contributed by atoms with van der Waals surface area (Å²) in [6.45, 7) is 0.224. The van der Waals surface area contributed by atoms with Gasteiger partial charge in [-0.2, -0.15) is 0 Å². The highest BCUT2D eigenvalue weighted by Crippen LogP contribution is 2.48. The Bertz CT molecular complexity index is 634. The molecule has 8 atom stereocenters. The molecular weight excluding hydrogens is 340 g/mol. The molecule has 6 fully saturated rings. The van der Waals surface area contributed by atoms with Gasteiger partial charge in [0.15, 0.2) is 0 Å². The number of likely N-dealkylation sites (tertiary alicyclic amines) is 2. The van der Waals surface area contributed by atoms with E-state index in [1.807, 2.05) is 0 Å². The first-order valence-electron chi connectivity index (χ1n) is 9.54. The van der Waals surface area contributed by atoms with Gasteiger partial charge in [-0.3, -0.25) is 29.0 Å². The molecule has 0 unspecified atom stereocenters. The first kappa shape index (κ1) is 15.3. The van der Waals surface area contributed by atoms with Crippen LogP contribution >= 0.6 is 0 Å². The second-order valence-corrected chi connectivity index (χ2v) is 8.45. The summed E-state index contributed by atoms with van der Waals surface area (Å²) in [6.07, 6.45) is 2.99. The molecule has 0 aromatic heterocycles. The maximum atomic E-state index is 12.6. The van der Waals surface area contributed by atoms with Gasteiger partial charge in [-0.05, 0) is 25.7 Å². The number of nitrogens with zero attached hydrogens (tertiary/aromatic N) is 2. The fraction of sp³-hybridized carbons (Fsp3) is 0.778. The van der Waals surface area contributed by atoms with Gasteiger partial charge in [0.05, 0.1) is 48.1 Å². The van der Waals surface area contributed by atoms with E-state index in [9.17, 15) is 19.2 Å². The van der Waals surface area contributed by atoms with Crippen molar-refractivity contribution in [1.82, 2.24) is 9.80 Å². The molecule has 4 aliphatic heterocycles. The Morgan fingerprint density at radius 2 is 0.846 bits per heavy atom. The van der Waals surface area contributed by atoms with E-state index in [2.05, 4.69) is 0 Å². The van der Waals surface area contributed by atoms with Crippen LogP contribution in [0.3, 0.4) is 0 Å². The van der Waals surface area contributed by atoms with Gasteiger partial charge in [0.25, 0.3) is 0 Å². The highest BCUT2D eigenvalue weighted by Gasteiger charge is 2.60. The third-order valence-corrected chi connectivity index (χ3v) is 7.17. The summed E-state index contributed by atoms with van der Waals surface area (Å²) in [4.78, 5) is 53.0. The van der Waals surface area contributed by atoms with Crippen LogP contribution in [0.25, 0.3) is 0 Å². The SMILES string of the molecule is O=C1[C@H]2C[C@H]3O[C@@H]3C[C@@H]2C(=O)N1CCN1C(=O)[C@H]2C[C@@H]3O[C@@H]3C[C@H]2C1=O. The summed E-state index contributed by atoms with van der Waals surface area (Å²) < 4.78 is 10.9. The average Bonchev–Trinajstić information content (AvgIpc) is 3.52. The van der Waals surface area contributed by atoms with Gasteiger partial charge in [-0.25, -0.2) is 0 Å². The highest BCUT2D eigenvalue weighted by atomic mass is 16.6. The van der Waals surface area contributed by atoms with Crippen molar-refractivity contribution >= 4 is 23.6 Å². The van der Waals surface area contributed by atoms with Gasteiger partial charge in [-0.1, -0.05) is 0 Å². The molecular formula is C18H20N2O6. The third kappa shape index (κ3) is 1.97. The number of hydrogen-bond acceptors (Lipinski definition) is 6. The zero-order valence-electron chi connectivity index (χ0n) is 14.2. The number of imide groups is 2. The number of epoxide rings is 2. The van der Waals surface area contributed by atoms with E-state index in [1.165, 1.54) is 9.80 Å². The topological polar surface area (TPSA) is 99.8 Å². The molecule has 0 bridgehead atoms. The fourth-order valence-electron chi connectivity index (χ4n) is 5.60. The minimum absolute atomic E-state index is 0.112. The van der Waals surface area contributed by atoms with Crippen LogP contribution in [0.1, 0.15) is 25.7 Å². The van der Waals surface area contributed by atoms with E-state index < -0.39 is 0 Å². The van der Waals surface area contributed by atoms with Crippen molar-refractivity contribution in [2.24, 2.45) is 23.7 Å². The number of ether oxygens (including phenoxy) is 2. The Morgan fingerprint density at radius 3 is 1.12 bits per heavy atom. The molecule has 6 rings (SSSR count). The van der Waals surface area contributed by atoms with Gasteiger partial charge in [0.1, 0.15) is 0 Å². The predicted octanol–water partition coefficient (Wildman–Crippen LogP) is -0.689. The van der Waals surface area contributed by atoms with Crippen molar-refractivity contribution in [3.63, 3.8) is 0 Å².